The van der Waals surface area contributed by atoms with Gasteiger partial charge in [0.2, 0.25) is 15.9 Å². The molecule has 1 aliphatic rings. The summed E-state index contributed by atoms with van der Waals surface area (Å²) in [6, 6.07) is 14.6. The number of para-hydroxylation sites is 1. The number of carbonyl (C=O) groups is 2. The zero-order valence-corrected chi connectivity index (χ0v) is 23.7. The molecule has 2 aromatic carbocycles. The van der Waals surface area contributed by atoms with Crippen LogP contribution in [0.15, 0.2) is 59.5 Å². The highest BCUT2D eigenvalue weighted by Gasteiger charge is 2.39. The number of hydrogen-bond acceptors (Lipinski definition) is 8. The molecule has 12 heteroatoms. The van der Waals surface area contributed by atoms with E-state index in [0.29, 0.717) is 5.75 Å². The molecule has 1 aromatic heterocycles. The van der Waals surface area contributed by atoms with E-state index < -0.39 is 39.6 Å². The highest BCUT2D eigenvalue weighted by molar-refractivity contribution is 7.89. The summed E-state index contributed by atoms with van der Waals surface area (Å²) in [6.07, 6.45) is -0.479. The van der Waals surface area contributed by atoms with Crippen molar-refractivity contribution in [3.8, 4) is 5.75 Å². The number of piperidine rings is 1. The minimum Gasteiger partial charge on any atom is -0.489 e. The van der Waals surface area contributed by atoms with Gasteiger partial charge in [0.15, 0.2) is 0 Å². The smallest absolute Gasteiger partial charge is 0.410 e. The molecule has 0 aliphatic carbocycles. The number of rotatable bonds is 7. The summed E-state index contributed by atoms with van der Waals surface area (Å²) in [7, 11) is -4.09. The van der Waals surface area contributed by atoms with E-state index in [9.17, 15) is 23.2 Å². The largest absolute Gasteiger partial charge is 0.489 e. The fraction of sp³-hybridized carbons (Fsp3) is 0.393. The van der Waals surface area contributed by atoms with Crippen LogP contribution in [0.25, 0.3) is 10.9 Å². The Labute approximate surface area is 233 Å². The summed E-state index contributed by atoms with van der Waals surface area (Å²) < 4.78 is 40.4. The van der Waals surface area contributed by atoms with Crippen LogP contribution in [0.3, 0.4) is 0 Å². The van der Waals surface area contributed by atoms with Crippen molar-refractivity contribution in [2.45, 2.75) is 57.3 Å². The van der Waals surface area contributed by atoms with Gasteiger partial charge in [-0.2, -0.15) is 0 Å². The first-order valence-electron chi connectivity index (χ1n) is 12.9. The van der Waals surface area contributed by atoms with Crippen molar-refractivity contribution in [1.82, 2.24) is 20.1 Å². The van der Waals surface area contributed by atoms with Crippen molar-refractivity contribution in [3.63, 3.8) is 0 Å². The highest BCUT2D eigenvalue weighted by atomic mass is 32.2. The second kappa shape index (κ2) is 11.8. The van der Waals surface area contributed by atoms with E-state index in [0.717, 1.165) is 22.2 Å². The molecule has 0 radical (unpaired) electrons. The third kappa shape index (κ3) is 7.06. The Bertz CT molecular complexity index is 1490. The lowest BCUT2D eigenvalue weighted by Crippen LogP contribution is -2.57. The van der Waals surface area contributed by atoms with Crippen LogP contribution in [0, 0.1) is 12.8 Å². The molecule has 1 aliphatic heterocycles. The zero-order chi connectivity index (χ0) is 29.1. The van der Waals surface area contributed by atoms with Crippen molar-refractivity contribution < 1.29 is 32.7 Å². The fourth-order valence-electron chi connectivity index (χ4n) is 4.62. The van der Waals surface area contributed by atoms with Gasteiger partial charge in [-0.05, 0) is 70.5 Å². The van der Waals surface area contributed by atoms with Gasteiger partial charge >= 0.3 is 6.09 Å². The number of aromatic nitrogens is 1. The van der Waals surface area contributed by atoms with Gasteiger partial charge in [0.25, 0.3) is 0 Å². The molecule has 0 unspecified atom stereocenters. The number of benzene rings is 2. The topological polar surface area (TPSA) is 147 Å². The molecule has 0 bridgehead atoms. The van der Waals surface area contributed by atoms with Gasteiger partial charge in [0.1, 0.15) is 18.0 Å². The number of nitrogens with zero attached hydrogens (tertiary/aromatic N) is 2. The molecule has 0 saturated carbocycles. The minimum absolute atomic E-state index is 0.0393. The van der Waals surface area contributed by atoms with Gasteiger partial charge in [-0.3, -0.25) is 15.0 Å². The maximum Gasteiger partial charge on any atom is 0.410 e. The molecule has 1 fully saturated rings. The van der Waals surface area contributed by atoms with Crippen molar-refractivity contribution in [2.24, 2.45) is 5.92 Å². The van der Waals surface area contributed by atoms with E-state index in [2.05, 4.69) is 9.71 Å². The molecule has 2 amide bonds. The number of aryl methyl sites for hydroxylation is 1. The van der Waals surface area contributed by atoms with E-state index in [1.54, 1.807) is 38.4 Å². The average molecular weight is 571 g/mol. The number of pyridine rings is 1. The number of hydroxylamine groups is 1. The lowest BCUT2D eigenvalue weighted by Gasteiger charge is -2.38. The third-order valence-electron chi connectivity index (χ3n) is 6.48. The monoisotopic (exact) mass is 570 g/mol. The molecule has 11 nitrogen and oxygen atoms in total. The van der Waals surface area contributed by atoms with Gasteiger partial charge < -0.3 is 14.4 Å². The quantitative estimate of drug-likeness (QED) is 0.289. The Morgan fingerprint density at radius 1 is 1.12 bits per heavy atom. The Morgan fingerprint density at radius 3 is 2.50 bits per heavy atom. The minimum atomic E-state index is -4.09. The molecule has 2 heterocycles. The predicted molar refractivity (Wildman–Crippen MR) is 147 cm³/mol. The van der Waals surface area contributed by atoms with E-state index in [1.807, 2.05) is 37.3 Å². The number of hydrogen-bond donors (Lipinski definition) is 3. The third-order valence-corrected chi connectivity index (χ3v) is 7.98. The van der Waals surface area contributed by atoms with Crippen LogP contribution in [0.1, 0.15) is 38.4 Å². The van der Waals surface area contributed by atoms with Crippen molar-refractivity contribution in [1.29, 1.82) is 0 Å². The van der Waals surface area contributed by atoms with E-state index in [4.69, 9.17) is 9.47 Å². The molecule has 4 rings (SSSR count). The van der Waals surface area contributed by atoms with Gasteiger partial charge in [0, 0.05) is 29.7 Å². The van der Waals surface area contributed by atoms with Gasteiger partial charge in [0.05, 0.1) is 22.4 Å². The van der Waals surface area contributed by atoms with Crippen molar-refractivity contribution in [2.75, 3.05) is 13.1 Å². The first-order valence-corrected chi connectivity index (χ1v) is 14.4. The van der Waals surface area contributed by atoms with Crippen LogP contribution in [0.5, 0.6) is 5.75 Å². The second-order valence-electron chi connectivity index (χ2n) is 10.7. The predicted octanol–water partition coefficient (Wildman–Crippen LogP) is 3.53. The number of likely N-dealkylation sites (tertiary alicyclic amines) is 1. The molecular weight excluding hydrogens is 536 g/mol. The molecule has 214 valence electrons. The summed E-state index contributed by atoms with van der Waals surface area (Å²) >= 11 is 0. The van der Waals surface area contributed by atoms with Crippen LogP contribution in [-0.4, -0.2) is 60.2 Å². The standard InChI is InChI=1S/C28H34N4O7S/c1-18-15-19(22-7-5-6-8-24(22)29-18)17-38-20-9-11-21(12-10-20)40(36,37)31-25-16-32(27(34)39-28(2,3)4)14-13-23(25)26(33)30-35/h5-12,15,23,25,31,35H,13-14,16-17H2,1-4H3,(H,30,33)/t23-,25+/m0/s1. The first kappa shape index (κ1) is 29.2. The molecule has 40 heavy (non-hydrogen) atoms. The van der Waals surface area contributed by atoms with Crippen LogP contribution in [-0.2, 0) is 26.2 Å². The number of amides is 2. The lowest BCUT2D eigenvalue weighted by molar-refractivity contribution is -0.135. The Kier molecular flexibility index (Phi) is 8.62. The Balaban J connectivity index is 1.47. The number of nitrogens with one attached hydrogen (secondary N) is 2. The second-order valence-corrected chi connectivity index (χ2v) is 12.4. The van der Waals surface area contributed by atoms with E-state index in [1.165, 1.54) is 17.0 Å². The molecule has 3 N–H and O–H groups in total. The summed E-state index contributed by atoms with van der Waals surface area (Å²) in [5, 5.41) is 10.2. The summed E-state index contributed by atoms with van der Waals surface area (Å²) in [5.41, 5.74) is 3.55. The van der Waals surface area contributed by atoms with E-state index in [-0.39, 0.29) is 31.0 Å². The van der Waals surface area contributed by atoms with Crippen LogP contribution in [0.2, 0.25) is 0 Å². The van der Waals surface area contributed by atoms with Crippen molar-refractivity contribution in [3.05, 3.63) is 65.9 Å². The fourth-order valence-corrected chi connectivity index (χ4v) is 5.89. The van der Waals surface area contributed by atoms with Gasteiger partial charge in [-0.25, -0.2) is 23.4 Å². The number of sulfonamides is 1. The highest BCUT2D eigenvalue weighted by Crippen LogP contribution is 2.25. The molecule has 0 spiro atoms. The molecule has 3 aromatic rings. The number of carbonyl (C=O) groups excluding carboxylic acids is 2. The van der Waals surface area contributed by atoms with Gasteiger partial charge in [-0.15, -0.1) is 0 Å². The molecular formula is C28H34N4O7S. The van der Waals surface area contributed by atoms with E-state index >= 15 is 0 Å². The summed E-state index contributed by atoms with van der Waals surface area (Å²) in [6.45, 7) is 7.43. The Morgan fingerprint density at radius 2 is 1.82 bits per heavy atom. The normalized spacial score (nSPS) is 17.9. The summed E-state index contributed by atoms with van der Waals surface area (Å²) in [4.78, 5) is 30.7. The van der Waals surface area contributed by atoms with Crippen LogP contribution < -0.4 is 14.9 Å². The summed E-state index contributed by atoms with van der Waals surface area (Å²) in [5.74, 6) is -1.15. The van der Waals surface area contributed by atoms with Crippen molar-refractivity contribution >= 4 is 32.9 Å². The number of ether oxygens (including phenoxy) is 2. The maximum atomic E-state index is 13.2. The SMILES string of the molecule is Cc1cc(COc2ccc(S(=O)(=O)N[C@@H]3CN(C(=O)OC(C)(C)C)CC[C@@H]3C(=O)NO)cc2)c2ccccc2n1. The van der Waals surface area contributed by atoms with Crippen LogP contribution in [0.4, 0.5) is 4.79 Å². The Hall–Kier alpha value is -3.74. The average Bonchev–Trinajstić information content (AvgIpc) is 2.90. The maximum absolute atomic E-state index is 13.2. The molecule has 2 atom stereocenters. The van der Waals surface area contributed by atoms with Gasteiger partial charge in [-0.1, -0.05) is 18.2 Å². The lowest BCUT2D eigenvalue weighted by atomic mass is 9.92. The van der Waals surface area contributed by atoms with Crippen LogP contribution >= 0.6 is 0 Å². The zero-order valence-electron chi connectivity index (χ0n) is 22.9. The first-order chi connectivity index (χ1) is 18.9. The molecule has 1 saturated heterocycles. The number of fused-ring (bicyclic) bond motifs is 1.